The topological polar surface area (TPSA) is 87.5 Å². The van der Waals surface area contributed by atoms with Crippen molar-refractivity contribution in [3.8, 4) is 0 Å². The highest BCUT2D eigenvalue weighted by Crippen LogP contribution is 2.30. The smallest absolute Gasteiger partial charge is 0.338 e. The van der Waals surface area contributed by atoms with Gasteiger partial charge in [0.1, 0.15) is 0 Å². The van der Waals surface area contributed by atoms with Crippen LogP contribution in [0.4, 0.5) is 18.0 Å². The average Bonchev–Trinajstić information content (AvgIpc) is 3.24. The van der Waals surface area contributed by atoms with Gasteiger partial charge in [-0.05, 0) is 42.8 Å². The third kappa shape index (κ3) is 5.17. The van der Waals surface area contributed by atoms with Crippen LogP contribution in [0.3, 0.4) is 0 Å². The Hall–Kier alpha value is -3.12. The van der Waals surface area contributed by atoms with Gasteiger partial charge in [0.2, 0.25) is 10.0 Å². The lowest BCUT2D eigenvalue weighted by Gasteiger charge is -2.34. The van der Waals surface area contributed by atoms with E-state index in [2.05, 4.69) is 10.3 Å². The summed E-state index contributed by atoms with van der Waals surface area (Å²) in [6.07, 6.45) is -2.06. The van der Waals surface area contributed by atoms with E-state index in [4.69, 9.17) is 0 Å². The predicted molar refractivity (Wildman–Crippen MR) is 120 cm³/mol. The molecule has 1 N–H and O–H groups in total. The summed E-state index contributed by atoms with van der Waals surface area (Å²) in [5.41, 5.74) is 1.03. The van der Waals surface area contributed by atoms with Crippen molar-refractivity contribution in [1.82, 2.24) is 24.1 Å². The fraction of sp³-hybridized carbons (Fsp3) is 0.364. The second-order valence-corrected chi connectivity index (χ2v) is 9.86. The number of sulfonamides is 1. The Morgan fingerprint density at radius 3 is 2.35 bits per heavy atom. The van der Waals surface area contributed by atoms with E-state index in [0.29, 0.717) is 19.5 Å². The molecule has 0 spiro atoms. The minimum atomic E-state index is -4.53. The van der Waals surface area contributed by atoms with E-state index >= 15 is 0 Å². The fourth-order valence-corrected chi connectivity index (χ4v) is 5.26. The van der Waals surface area contributed by atoms with Crippen LogP contribution in [0.2, 0.25) is 0 Å². The van der Waals surface area contributed by atoms with Crippen LogP contribution >= 0.6 is 0 Å². The molecule has 3 aromatic rings. The molecule has 2 amide bonds. The first kappa shape index (κ1) is 24.0. The normalized spacial score (nSPS) is 15.6. The molecule has 182 valence electrons. The monoisotopic (exact) mass is 495 g/mol. The number of imidazole rings is 1. The number of urea groups is 1. The van der Waals surface area contributed by atoms with Gasteiger partial charge in [0.05, 0.1) is 27.8 Å². The summed E-state index contributed by atoms with van der Waals surface area (Å²) >= 11 is 0. The molecule has 12 heteroatoms. The number of benzene rings is 2. The highest BCUT2D eigenvalue weighted by atomic mass is 32.2. The Morgan fingerprint density at radius 2 is 1.68 bits per heavy atom. The first-order valence-electron chi connectivity index (χ1n) is 10.8. The summed E-state index contributed by atoms with van der Waals surface area (Å²) in [5, 5.41) is 2.85. The molecule has 0 aliphatic carbocycles. The van der Waals surface area contributed by atoms with E-state index in [1.165, 1.54) is 9.21 Å². The van der Waals surface area contributed by atoms with Gasteiger partial charge in [-0.3, -0.25) is 0 Å². The maximum absolute atomic E-state index is 12.8. The second kappa shape index (κ2) is 9.63. The maximum atomic E-state index is 12.8. The Morgan fingerprint density at radius 1 is 1.00 bits per heavy atom. The van der Waals surface area contributed by atoms with Crippen molar-refractivity contribution < 1.29 is 26.4 Å². The van der Waals surface area contributed by atoms with Crippen LogP contribution in [-0.2, 0) is 22.7 Å². The third-order valence-corrected chi connectivity index (χ3v) is 7.64. The number of amides is 2. The van der Waals surface area contributed by atoms with Crippen molar-refractivity contribution in [3.05, 3.63) is 60.4 Å². The zero-order valence-corrected chi connectivity index (χ0v) is 19.0. The van der Waals surface area contributed by atoms with Crippen molar-refractivity contribution in [2.75, 3.05) is 32.7 Å². The van der Waals surface area contributed by atoms with Gasteiger partial charge in [-0.15, -0.1) is 0 Å². The molecule has 1 aromatic heterocycles. The van der Waals surface area contributed by atoms with Crippen LogP contribution in [0.1, 0.15) is 12.0 Å². The molecule has 0 saturated carbocycles. The molecular weight excluding hydrogens is 471 g/mol. The number of aromatic nitrogens is 2. The van der Waals surface area contributed by atoms with Gasteiger partial charge in [0.15, 0.2) is 0 Å². The van der Waals surface area contributed by atoms with Gasteiger partial charge in [0.25, 0.3) is 0 Å². The Kier molecular flexibility index (Phi) is 6.80. The number of hydrogen-bond donors (Lipinski definition) is 1. The highest BCUT2D eigenvalue weighted by molar-refractivity contribution is 7.89. The molecule has 8 nitrogen and oxygen atoms in total. The Labute approximate surface area is 195 Å². The molecule has 2 aromatic carbocycles. The highest BCUT2D eigenvalue weighted by Gasteiger charge is 2.33. The maximum Gasteiger partial charge on any atom is 0.416 e. The number of piperazine rings is 1. The molecular formula is C22H24F3N5O3S. The van der Waals surface area contributed by atoms with Crippen LogP contribution in [-0.4, -0.2) is 65.9 Å². The number of nitrogens with zero attached hydrogens (tertiary/aromatic N) is 4. The Bertz CT molecular complexity index is 1250. The molecule has 0 radical (unpaired) electrons. The standard InChI is InChI=1S/C22H24F3N5O3S/c23-22(24,25)17-6-8-18(9-7-17)34(32,33)30-14-12-28(13-15-30)21(31)26-10-3-11-29-16-27-19-4-1-2-5-20(19)29/h1-2,4-9,16H,3,10-15H2,(H,26,31). The lowest BCUT2D eigenvalue weighted by Crippen LogP contribution is -2.53. The molecule has 1 aliphatic heterocycles. The van der Waals surface area contributed by atoms with Crippen molar-refractivity contribution in [1.29, 1.82) is 0 Å². The summed E-state index contributed by atoms with van der Waals surface area (Å²) in [6, 6.07) is 10.9. The SMILES string of the molecule is O=C(NCCCn1cnc2ccccc21)N1CCN(S(=O)(=O)c2ccc(C(F)(F)F)cc2)CC1. The summed E-state index contributed by atoms with van der Waals surface area (Å²) in [6.45, 7) is 1.67. The predicted octanol–water partition coefficient (Wildman–Crippen LogP) is 3.16. The number of alkyl halides is 3. The molecule has 34 heavy (non-hydrogen) atoms. The minimum Gasteiger partial charge on any atom is -0.338 e. The van der Waals surface area contributed by atoms with Crippen molar-refractivity contribution >= 4 is 27.1 Å². The van der Waals surface area contributed by atoms with Crippen molar-refractivity contribution in [3.63, 3.8) is 0 Å². The average molecular weight is 496 g/mol. The number of fused-ring (bicyclic) bond motifs is 1. The van der Waals surface area contributed by atoms with Gasteiger partial charge in [-0.25, -0.2) is 18.2 Å². The molecule has 2 heterocycles. The van der Waals surface area contributed by atoms with E-state index < -0.39 is 21.8 Å². The van der Waals surface area contributed by atoms with Crippen LogP contribution < -0.4 is 5.32 Å². The number of halogens is 3. The van der Waals surface area contributed by atoms with E-state index in [9.17, 15) is 26.4 Å². The minimum absolute atomic E-state index is 0.0673. The largest absolute Gasteiger partial charge is 0.416 e. The van der Waals surface area contributed by atoms with Crippen LogP contribution in [0.25, 0.3) is 11.0 Å². The lowest BCUT2D eigenvalue weighted by atomic mass is 10.2. The number of carbonyl (C=O) groups is 1. The second-order valence-electron chi connectivity index (χ2n) is 7.93. The van der Waals surface area contributed by atoms with Gasteiger partial charge in [0, 0.05) is 39.3 Å². The summed E-state index contributed by atoms with van der Waals surface area (Å²) in [5.74, 6) is 0. The zero-order valence-electron chi connectivity index (χ0n) is 18.2. The van der Waals surface area contributed by atoms with E-state index in [0.717, 1.165) is 35.3 Å². The molecule has 1 saturated heterocycles. The van der Waals surface area contributed by atoms with Gasteiger partial charge < -0.3 is 14.8 Å². The number of hydrogen-bond acceptors (Lipinski definition) is 4. The van der Waals surface area contributed by atoms with Crippen molar-refractivity contribution in [2.24, 2.45) is 0 Å². The van der Waals surface area contributed by atoms with Gasteiger partial charge >= 0.3 is 12.2 Å². The molecule has 0 bridgehead atoms. The number of rotatable bonds is 6. The lowest BCUT2D eigenvalue weighted by molar-refractivity contribution is -0.137. The first-order chi connectivity index (χ1) is 16.2. The summed E-state index contributed by atoms with van der Waals surface area (Å²) in [4.78, 5) is 18.1. The number of carbonyl (C=O) groups excluding carboxylic acids is 1. The Balaban J connectivity index is 1.24. The zero-order chi connectivity index (χ0) is 24.3. The molecule has 1 fully saturated rings. The van der Waals surface area contributed by atoms with Crippen LogP contribution in [0.5, 0.6) is 0 Å². The van der Waals surface area contributed by atoms with Crippen molar-refractivity contribution in [2.45, 2.75) is 24.0 Å². The van der Waals surface area contributed by atoms with E-state index in [1.54, 1.807) is 6.33 Å². The molecule has 0 unspecified atom stereocenters. The fourth-order valence-electron chi connectivity index (χ4n) is 3.84. The number of nitrogens with one attached hydrogen (secondary N) is 1. The number of para-hydroxylation sites is 2. The van der Waals surface area contributed by atoms with Crippen LogP contribution in [0, 0.1) is 0 Å². The summed E-state index contributed by atoms with van der Waals surface area (Å²) in [7, 11) is -3.94. The van der Waals surface area contributed by atoms with Gasteiger partial charge in [-0.1, -0.05) is 12.1 Å². The molecule has 0 atom stereocenters. The molecule has 4 rings (SSSR count). The first-order valence-corrected chi connectivity index (χ1v) is 12.2. The number of aryl methyl sites for hydroxylation is 1. The van der Waals surface area contributed by atoms with Crippen LogP contribution in [0.15, 0.2) is 59.8 Å². The quantitative estimate of drug-likeness (QED) is 0.533. The summed E-state index contributed by atoms with van der Waals surface area (Å²) < 4.78 is 66.9. The third-order valence-electron chi connectivity index (χ3n) is 5.72. The van der Waals surface area contributed by atoms with E-state index in [-0.39, 0.29) is 37.1 Å². The molecule has 1 aliphatic rings. The van der Waals surface area contributed by atoms with Gasteiger partial charge in [-0.2, -0.15) is 17.5 Å². The van der Waals surface area contributed by atoms with E-state index in [1.807, 2.05) is 28.8 Å².